The second kappa shape index (κ2) is 5.37. The summed E-state index contributed by atoms with van der Waals surface area (Å²) in [7, 11) is -3.04. The Morgan fingerprint density at radius 3 is 2.20 bits per heavy atom. The number of sulfonamides is 1. The summed E-state index contributed by atoms with van der Waals surface area (Å²) >= 11 is 0. The predicted molar refractivity (Wildman–Crippen MR) is 78.2 cm³/mol. The van der Waals surface area contributed by atoms with Crippen molar-refractivity contribution < 1.29 is 13.5 Å². The van der Waals surface area contributed by atoms with Crippen molar-refractivity contribution in [3.63, 3.8) is 0 Å². The second-order valence-electron chi connectivity index (χ2n) is 5.99. The van der Waals surface area contributed by atoms with Gasteiger partial charge in [0.05, 0.1) is 5.75 Å². The van der Waals surface area contributed by atoms with E-state index in [9.17, 15) is 13.5 Å². The van der Waals surface area contributed by atoms with E-state index in [4.69, 9.17) is 0 Å². The molecule has 0 radical (unpaired) electrons. The van der Waals surface area contributed by atoms with E-state index in [0.717, 1.165) is 25.7 Å². The maximum atomic E-state index is 12.2. The highest BCUT2D eigenvalue weighted by molar-refractivity contribution is 7.89. The van der Waals surface area contributed by atoms with Crippen LogP contribution >= 0.6 is 0 Å². The zero-order chi connectivity index (χ0) is 14.2. The van der Waals surface area contributed by atoms with Gasteiger partial charge in [-0.05, 0) is 55.2 Å². The molecule has 2 fully saturated rings. The molecule has 0 unspecified atom stereocenters. The van der Waals surface area contributed by atoms with Gasteiger partial charge in [0.25, 0.3) is 0 Å². The van der Waals surface area contributed by atoms with Gasteiger partial charge in [-0.1, -0.05) is 12.1 Å². The highest BCUT2D eigenvalue weighted by Crippen LogP contribution is 2.34. The van der Waals surface area contributed by atoms with Crippen molar-refractivity contribution in [1.29, 1.82) is 0 Å². The number of benzene rings is 1. The quantitative estimate of drug-likeness (QED) is 0.927. The summed E-state index contributed by atoms with van der Waals surface area (Å²) in [5.74, 6) is 1.44. The minimum atomic E-state index is -3.04. The van der Waals surface area contributed by atoms with Crippen molar-refractivity contribution in [1.82, 2.24) is 4.31 Å². The van der Waals surface area contributed by atoms with Crippen LogP contribution in [0, 0.1) is 5.92 Å². The molecular formula is C15H21NO3S. The highest BCUT2D eigenvalue weighted by Gasteiger charge is 2.34. The van der Waals surface area contributed by atoms with Gasteiger partial charge < -0.3 is 5.11 Å². The van der Waals surface area contributed by atoms with Crippen LogP contribution < -0.4 is 0 Å². The van der Waals surface area contributed by atoms with Crippen molar-refractivity contribution in [3.05, 3.63) is 29.8 Å². The molecule has 3 rings (SSSR count). The van der Waals surface area contributed by atoms with Gasteiger partial charge in [-0.3, -0.25) is 0 Å². The van der Waals surface area contributed by atoms with Crippen LogP contribution in [0.1, 0.15) is 37.2 Å². The van der Waals surface area contributed by atoms with E-state index in [1.807, 2.05) is 12.1 Å². The molecule has 0 atom stereocenters. The van der Waals surface area contributed by atoms with Gasteiger partial charge in [-0.25, -0.2) is 12.7 Å². The highest BCUT2D eigenvalue weighted by atomic mass is 32.2. The molecule has 1 aliphatic carbocycles. The van der Waals surface area contributed by atoms with Crippen LogP contribution in [-0.4, -0.2) is 36.7 Å². The summed E-state index contributed by atoms with van der Waals surface area (Å²) in [5, 5.41) is 9.31. The number of phenolic OH excluding ortho intramolecular Hbond substituents is 1. The first-order chi connectivity index (χ1) is 9.54. The fourth-order valence-corrected chi connectivity index (χ4v) is 4.81. The molecule has 2 aliphatic rings. The van der Waals surface area contributed by atoms with Crippen LogP contribution in [0.4, 0.5) is 0 Å². The van der Waals surface area contributed by atoms with E-state index in [2.05, 4.69) is 0 Å². The fourth-order valence-electron chi connectivity index (χ4n) is 2.90. The van der Waals surface area contributed by atoms with Crippen molar-refractivity contribution in [2.75, 3.05) is 18.8 Å². The largest absolute Gasteiger partial charge is 0.508 e. The SMILES string of the molecule is O=S(=O)(CC1CC1)N1CCC(c2ccc(O)cc2)CC1. The van der Waals surface area contributed by atoms with E-state index in [-0.39, 0.29) is 5.75 Å². The van der Waals surface area contributed by atoms with Crippen LogP contribution in [0.5, 0.6) is 5.75 Å². The molecule has 0 bridgehead atoms. The molecule has 4 nitrogen and oxygen atoms in total. The maximum Gasteiger partial charge on any atom is 0.214 e. The third-order valence-electron chi connectivity index (χ3n) is 4.36. The van der Waals surface area contributed by atoms with Gasteiger partial charge in [0.2, 0.25) is 10.0 Å². The summed E-state index contributed by atoms with van der Waals surface area (Å²) in [6.45, 7) is 1.25. The maximum absolute atomic E-state index is 12.2. The number of hydrogen-bond acceptors (Lipinski definition) is 3. The third-order valence-corrected chi connectivity index (χ3v) is 6.40. The van der Waals surface area contributed by atoms with Crippen LogP contribution in [0.15, 0.2) is 24.3 Å². The molecular weight excluding hydrogens is 274 g/mol. The van der Waals surface area contributed by atoms with E-state index < -0.39 is 10.0 Å². The van der Waals surface area contributed by atoms with Gasteiger partial charge >= 0.3 is 0 Å². The monoisotopic (exact) mass is 295 g/mol. The zero-order valence-corrected chi connectivity index (χ0v) is 12.3. The van der Waals surface area contributed by atoms with Crippen molar-refractivity contribution in [2.24, 2.45) is 5.92 Å². The molecule has 20 heavy (non-hydrogen) atoms. The number of rotatable bonds is 4. The number of hydrogen-bond donors (Lipinski definition) is 1. The molecule has 1 N–H and O–H groups in total. The van der Waals surface area contributed by atoms with E-state index in [1.165, 1.54) is 5.56 Å². The van der Waals surface area contributed by atoms with Gasteiger partial charge in [0.1, 0.15) is 5.75 Å². The molecule has 1 aromatic carbocycles. The molecule has 1 aliphatic heterocycles. The normalized spacial score (nSPS) is 22.0. The standard InChI is InChI=1S/C15H21NO3S/c17-15-5-3-13(4-6-15)14-7-9-16(10-8-14)20(18,19)11-12-1-2-12/h3-6,12,14,17H,1-2,7-11H2. The third kappa shape index (κ3) is 3.15. The summed E-state index contributed by atoms with van der Waals surface area (Å²) in [6.07, 6.45) is 3.88. The lowest BCUT2D eigenvalue weighted by molar-refractivity contribution is 0.319. The number of piperidine rings is 1. The molecule has 1 aromatic rings. The second-order valence-corrected chi connectivity index (χ2v) is 8.00. The van der Waals surface area contributed by atoms with Crippen molar-refractivity contribution in [3.8, 4) is 5.75 Å². The first kappa shape index (κ1) is 13.9. The van der Waals surface area contributed by atoms with E-state index >= 15 is 0 Å². The first-order valence-electron chi connectivity index (χ1n) is 7.31. The number of phenols is 1. The predicted octanol–water partition coefficient (Wildman–Crippen LogP) is 2.31. The fraction of sp³-hybridized carbons (Fsp3) is 0.600. The lowest BCUT2D eigenvalue weighted by atomic mass is 9.90. The summed E-state index contributed by atoms with van der Waals surface area (Å²) in [4.78, 5) is 0. The van der Waals surface area contributed by atoms with Gasteiger partial charge in [0, 0.05) is 13.1 Å². The van der Waals surface area contributed by atoms with Crippen LogP contribution in [0.3, 0.4) is 0 Å². The Hall–Kier alpha value is -1.07. The molecule has 0 spiro atoms. The van der Waals surface area contributed by atoms with E-state index in [1.54, 1.807) is 16.4 Å². The van der Waals surface area contributed by atoms with Crippen molar-refractivity contribution >= 4 is 10.0 Å². The Kier molecular flexibility index (Phi) is 3.73. The number of aromatic hydroxyl groups is 1. The Balaban J connectivity index is 1.60. The van der Waals surface area contributed by atoms with Gasteiger partial charge in [-0.15, -0.1) is 0 Å². The van der Waals surface area contributed by atoms with Crippen LogP contribution in [0.25, 0.3) is 0 Å². The van der Waals surface area contributed by atoms with E-state index in [0.29, 0.717) is 30.7 Å². The Bertz CT molecular complexity index is 555. The van der Waals surface area contributed by atoms with Crippen molar-refractivity contribution in [2.45, 2.75) is 31.6 Å². The zero-order valence-electron chi connectivity index (χ0n) is 11.5. The Morgan fingerprint density at radius 1 is 1.05 bits per heavy atom. The average molecular weight is 295 g/mol. The summed E-state index contributed by atoms with van der Waals surface area (Å²) in [6, 6.07) is 7.28. The van der Waals surface area contributed by atoms with Gasteiger partial charge in [-0.2, -0.15) is 0 Å². The molecule has 1 saturated heterocycles. The van der Waals surface area contributed by atoms with Crippen LogP contribution in [-0.2, 0) is 10.0 Å². The molecule has 1 heterocycles. The van der Waals surface area contributed by atoms with Gasteiger partial charge in [0.15, 0.2) is 0 Å². The lowest BCUT2D eigenvalue weighted by Gasteiger charge is -2.31. The minimum absolute atomic E-state index is 0.276. The average Bonchev–Trinajstić information content (AvgIpc) is 3.23. The Morgan fingerprint density at radius 2 is 1.65 bits per heavy atom. The minimum Gasteiger partial charge on any atom is -0.508 e. The molecule has 0 amide bonds. The topological polar surface area (TPSA) is 57.6 Å². The lowest BCUT2D eigenvalue weighted by Crippen LogP contribution is -2.39. The Labute approximate surface area is 120 Å². The first-order valence-corrected chi connectivity index (χ1v) is 8.92. The smallest absolute Gasteiger partial charge is 0.214 e. The molecule has 1 saturated carbocycles. The summed E-state index contributed by atoms with van der Waals surface area (Å²) in [5.41, 5.74) is 1.20. The summed E-state index contributed by atoms with van der Waals surface area (Å²) < 4.78 is 26.1. The van der Waals surface area contributed by atoms with Crippen LogP contribution in [0.2, 0.25) is 0 Å². The number of nitrogens with zero attached hydrogens (tertiary/aromatic N) is 1. The molecule has 5 heteroatoms. The molecule has 0 aromatic heterocycles. The molecule has 110 valence electrons.